The minimum absolute atomic E-state index is 0.0909. The number of thiophene rings is 1. The molecule has 1 aromatic carbocycles. The monoisotopic (exact) mass is 398 g/mol. The maximum absolute atomic E-state index is 12.6. The van der Waals surface area contributed by atoms with E-state index in [4.69, 9.17) is 4.74 Å². The van der Waals surface area contributed by atoms with Crippen LogP contribution in [0.3, 0.4) is 0 Å². The summed E-state index contributed by atoms with van der Waals surface area (Å²) in [6.07, 6.45) is 4.23. The van der Waals surface area contributed by atoms with Crippen LogP contribution in [0.1, 0.15) is 46.4 Å². The Balaban J connectivity index is 1.33. The number of likely N-dealkylation sites (tertiary alicyclic amines) is 2. The van der Waals surface area contributed by atoms with Gasteiger partial charge in [0.15, 0.2) is 0 Å². The lowest BCUT2D eigenvalue weighted by Crippen LogP contribution is -2.41. The van der Waals surface area contributed by atoms with Crippen LogP contribution >= 0.6 is 11.3 Å². The Labute approximate surface area is 169 Å². The molecular weight excluding hydrogens is 372 g/mol. The molecule has 1 aromatic heterocycles. The molecule has 0 aliphatic carbocycles. The highest BCUT2D eigenvalue weighted by Gasteiger charge is 2.25. The molecule has 1 unspecified atom stereocenters. The fourth-order valence-corrected chi connectivity index (χ4v) is 4.62. The van der Waals surface area contributed by atoms with Crippen LogP contribution in [-0.2, 0) is 0 Å². The molecule has 0 spiro atoms. The zero-order valence-corrected chi connectivity index (χ0v) is 16.8. The second-order valence-electron chi connectivity index (χ2n) is 7.61. The molecule has 2 aliphatic rings. The summed E-state index contributed by atoms with van der Waals surface area (Å²) >= 11 is 1.55. The summed E-state index contributed by atoms with van der Waals surface area (Å²) in [5, 5.41) is 3.85. The van der Waals surface area contributed by atoms with Crippen LogP contribution in [0.25, 0.3) is 0 Å². The topological polar surface area (TPSA) is 49.9 Å². The highest BCUT2D eigenvalue weighted by atomic mass is 32.1. The van der Waals surface area contributed by atoms with E-state index in [1.807, 2.05) is 50.9 Å². The molecule has 5 nitrogen and oxygen atoms in total. The average Bonchev–Trinajstić information content (AvgIpc) is 3.46. The SMILES string of the molecule is O=C(c1cccc(OCC2CCCN(C(=O)c3ccsc3)C2)c1)N1CCCC1. The van der Waals surface area contributed by atoms with Crippen LogP contribution in [0.4, 0.5) is 0 Å². The number of amides is 2. The number of carbonyl (C=O) groups excluding carboxylic acids is 2. The number of hydrogen-bond donors (Lipinski definition) is 0. The van der Waals surface area contributed by atoms with E-state index in [-0.39, 0.29) is 11.8 Å². The van der Waals surface area contributed by atoms with E-state index in [1.165, 1.54) is 0 Å². The number of carbonyl (C=O) groups is 2. The van der Waals surface area contributed by atoms with E-state index in [2.05, 4.69) is 0 Å². The molecule has 0 saturated carbocycles. The fourth-order valence-electron chi connectivity index (χ4n) is 3.99. The van der Waals surface area contributed by atoms with Gasteiger partial charge < -0.3 is 14.5 Å². The molecule has 0 bridgehead atoms. The van der Waals surface area contributed by atoms with Crippen LogP contribution < -0.4 is 4.74 Å². The number of benzene rings is 1. The smallest absolute Gasteiger partial charge is 0.254 e. The number of rotatable bonds is 5. The van der Waals surface area contributed by atoms with E-state index >= 15 is 0 Å². The van der Waals surface area contributed by atoms with Gasteiger partial charge in [-0.25, -0.2) is 0 Å². The van der Waals surface area contributed by atoms with E-state index in [0.29, 0.717) is 18.1 Å². The summed E-state index contributed by atoms with van der Waals surface area (Å²) in [7, 11) is 0. The summed E-state index contributed by atoms with van der Waals surface area (Å²) in [6, 6.07) is 9.37. The zero-order chi connectivity index (χ0) is 19.3. The van der Waals surface area contributed by atoms with Crippen molar-refractivity contribution in [1.82, 2.24) is 9.80 Å². The number of ether oxygens (including phenoxy) is 1. The Hall–Kier alpha value is -2.34. The van der Waals surface area contributed by atoms with Gasteiger partial charge in [-0.3, -0.25) is 9.59 Å². The molecule has 2 fully saturated rings. The first-order valence-corrected chi connectivity index (χ1v) is 11.0. The quantitative estimate of drug-likeness (QED) is 0.767. The highest BCUT2D eigenvalue weighted by molar-refractivity contribution is 7.08. The first-order chi connectivity index (χ1) is 13.7. The van der Waals surface area contributed by atoms with Crippen LogP contribution in [0.2, 0.25) is 0 Å². The van der Waals surface area contributed by atoms with Gasteiger partial charge in [-0.2, -0.15) is 11.3 Å². The van der Waals surface area contributed by atoms with Crippen LogP contribution in [0, 0.1) is 5.92 Å². The molecule has 1 atom stereocenters. The fraction of sp³-hybridized carbons (Fsp3) is 0.455. The van der Waals surface area contributed by atoms with E-state index < -0.39 is 0 Å². The molecule has 148 valence electrons. The van der Waals surface area contributed by atoms with Crippen LogP contribution in [0.15, 0.2) is 41.1 Å². The van der Waals surface area contributed by atoms with E-state index in [0.717, 1.165) is 63.2 Å². The summed E-state index contributed by atoms with van der Waals surface area (Å²) in [5.41, 5.74) is 1.47. The minimum atomic E-state index is 0.0909. The molecule has 4 rings (SSSR count). The van der Waals surface area contributed by atoms with Gasteiger partial charge >= 0.3 is 0 Å². The van der Waals surface area contributed by atoms with Crippen molar-refractivity contribution >= 4 is 23.2 Å². The molecule has 2 aliphatic heterocycles. The van der Waals surface area contributed by atoms with Crippen molar-refractivity contribution in [3.63, 3.8) is 0 Å². The second kappa shape index (κ2) is 8.78. The number of hydrogen-bond acceptors (Lipinski definition) is 4. The predicted molar refractivity (Wildman–Crippen MR) is 110 cm³/mol. The molecule has 3 heterocycles. The van der Waals surface area contributed by atoms with Crippen LogP contribution in [0.5, 0.6) is 5.75 Å². The van der Waals surface area contributed by atoms with Crippen molar-refractivity contribution < 1.29 is 14.3 Å². The first-order valence-electron chi connectivity index (χ1n) is 10.0. The molecule has 28 heavy (non-hydrogen) atoms. The van der Waals surface area contributed by atoms with Crippen molar-refractivity contribution in [1.29, 1.82) is 0 Å². The molecular formula is C22H26N2O3S. The predicted octanol–water partition coefficient (Wildman–Crippen LogP) is 3.92. The Morgan fingerprint density at radius 3 is 2.57 bits per heavy atom. The lowest BCUT2D eigenvalue weighted by molar-refractivity contribution is 0.0633. The van der Waals surface area contributed by atoms with E-state index in [1.54, 1.807) is 11.3 Å². The standard InChI is InChI=1S/C22H26N2O3S/c25-21(23-9-1-2-10-23)18-6-3-7-20(13-18)27-15-17-5-4-11-24(14-17)22(26)19-8-12-28-16-19/h3,6-8,12-13,16-17H,1-2,4-5,9-11,14-15H2. The molecule has 2 saturated heterocycles. The largest absolute Gasteiger partial charge is 0.493 e. The zero-order valence-electron chi connectivity index (χ0n) is 16.0. The van der Waals surface area contributed by atoms with Gasteiger partial charge in [-0.1, -0.05) is 6.07 Å². The minimum Gasteiger partial charge on any atom is -0.493 e. The van der Waals surface area contributed by atoms with Gasteiger partial charge in [-0.05, 0) is 55.3 Å². The maximum Gasteiger partial charge on any atom is 0.254 e. The van der Waals surface area contributed by atoms with E-state index in [9.17, 15) is 9.59 Å². The van der Waals surface area contributed by atoms with Crippen molar-refractivity contribution in [2.24, 2.45) is 5.92 Å². The summed E-state index contributed by atoms with van der Waals surface area (Å²) in [4.78, 5) is 29.0. The van der Waals surface area contributed by atoms with Gasteiger partial charge in [0.05, 0.1) is 12.2 Å². The van der Waals surface area contributed by atoms with Gasteiger partial charge in [0.25, 0.3) is 11.8 Å². The Morgan fingerprint density at radius 1 is 1.00 bits per heavy atom. The van der Waals surface area contributed by atoms with Crippen molar-refractivity contribution in [3.05, 3.63) is 52.2 Å². The summed E-state index contributed by atoms with van der Waals surface area (Å²) in [5.74, 6) is 1.25. The van der Waals surface area contributed by atoms with Crippen molar-refractivity contribution in [2.75, 3.05) is 32.8 Å². The molecule has 2 aromatic rings. The molecule has 6 heteroatoms. The Bertz CT molecular complexity index is 815. The summed E-state index contributed by atoms with van der Waals surface area (Å²) in [6.45, 7) is 3.79. The highest BCUT2D eigenvalue weighted by Crippen LogP contribution is 2.22. The number of nitrogens with zero attached hydrogens (tertiary/aromatic N) is 2. The third-order valence-corrected chi connectivity index (χ3v) is 6.22. The van der Waals surface area contributed by atoms with Gasteiger partial charge in [0, 0.05) is 43.0 Å². The normalized spacial score (nSPS) is 19.6. The van der Waals surface area contributed by atoms with Gasteiger partial charge in [0.1, 0.15) is 5.75 Å². The maximum atomic E-state index is 12.6. The number of piperidine rings is 1. The van der Waals surface area contributed by atoms with Crippen molar-refractivity contribution in [2.45, 2.75) is 25.7 Å². The third-order valence-electron chi connectivity index (χ3n) is 5.53. The average molecular weight is 399 g/mol. The first kappa shape index (κ1) is 19.0. The lowest BCUT2D eigenvalue weighted by atomic mass is 9.98. The third kappa shape index (κ3) is 4.38. The molecule has 0 N–H and O–H groups in total. The second-order valence-corrected chi connectivity index (χ2v) is 8.39. The summed E-state index contributed by atoms with van der Waals surface area (Å²) < 4.78 is 6.01. The van der Waals surface area contributed by atoms with Crippen molar-refractivity contribution in [3.8, 4) is 5.75 Å². The lowest BCUT2D eigenvalue weighted by Gasteiger charge is -2.32. The Morgan fingerprint density at radius 2 is 1.79 bits per heavy atom. The van der Waals surface area contributed by atoms with Crippen LogP contribution in [-0.4, -0.2) is 54.4 Å². The molecule has 0 radical (unpaired) electrons. The van der Waals surface area contributed by atoms with Gasteiger partial charge in [-0.15, -0.1) is 0 Å². The molecule has 2 amide bonds. The van der Waals surface area contributed by atoms with Gasteiger partial charge in [0.2, 0.25) is 0 Å². The Kier molecular flexibility index (Phi) is 5.95.